The van der Waals surface area contributed by atoms with Crippen molar-refractivity contribution in [2.75, 3.05) is 13.1 Å². The van der Waals surface area contributed by atoms with E-state index in [9.17, 15) is 24.3 Å². The first-order valence-corrected chi connectivity index (χ1v) is 13.9. The Morgan fingerprint density at radius 2 is 1.71 bits per heavy atom. The minimum absolute atomic E-state index is 0.0935. The third kappa shape index (κ3) is 8.07. The summed E-state index contributed by atoms with van der Waals surface area (Å²) in [6.45, 7) is 5.86. The van der Waals surface area contributed by atoms with Gasteiger partial charge in [0.2, 0.25) is 5.78 Å². The Hall–Kier alpha value is -4.38. The summed E-state index contributed by atoms with van der Waals surface area (Å²) in [6, 6.07) is 17.6. The third-order valence-corrected chi connectivity index (χ3v) is 7.25. The van der Waals surface area contributed by atoms with E-state index in [0.29, 0.717) is 24.4 Å². The number of hydrogen-bond donors (Lipinski definition) is 2. The molecule has 216 valence electrons. The normalized spacial score (nSPS) is 13.5. The van der Waals surface area contributed by atoms with Crippen LogP contribution >= 0.6 is 11.3 Å². The molecule has 0 fully saturated rings. The largest absolute Gasteiger partial charge is 0.485 e. The van der Waals surface area contributed by atoms with Crippen molar-refractivity contribution in [3.8, 4) is 11.5 Å². The van der Waals surface area contributed by atoms with Crippen molar-refractivity contribution < 1.29 is 38.5 Å². The van der Waals surface area contributed by atoms with Crippen LogP contribution in [-0.2, 0) is 33.9 Å². The van der Waals surface area contributed by atoms with E-state index in [1.165, 1.54) is 17.4 Å². The Bertz CT molecular complexity index is 1410. The molecule has 2 heterocycles. The molecule has 1 aromatic heterocycles. The minimum Gasteiger partial charge on any atom is -0.485 e. The van der Waals surface area contributed by atoms with E-state index in [-0.39, 0.29) is 18.1 Å². The van der Waals surface area contributed by atoms with E-state index in [0.717, 1.165) is 16.0 Å². The van der Waals surface area contributed by atoms with Crippen LogP contribution in [0, 0.1) is 0 Å². The molecule has 2 N–H and O–H groups in total. The van der Waals surface area contributed by atoms with Gasteiger partial charge >= 0.3 is 12.1 Å². The maximum atomic E-state index is 12.8. The lowest BCUT2D eigenvalue weighted by Crippen LogP contribution is -2.42. The standard InChI is InChI=1S/C30H32N2O8S/c1-30(2,3)40-29(37)32-14-13-24-20(17-32)15-25(41-24)27(34)31-16-21(33)26(28(35)36)39-23-12-8-7-11-22(23)38-18-19-9-5-4-6-10-19/h4-12,15,26H,13-14,16-18H2,1-3H3,(H,31,34)(H,35,36). The van der Waals surface area contributed by atoms with Crippen molar-refractivity contribution in [2.45, 2.75) is 52.0 Å². The summed E-state index contributed by atoms with van der Waals surface area (Å²) >= 11 is 1.28. The van der Waals surface area contributed by atoms with Gasteiger partial charge in [0.25, 0.3) is 12.0 Å². The van der Waals surface area contributed by atoms with Crippen molar-refractivity contribution in [3.05, 3.63) is 81.5 Å². The fourth-order valence-corrected chi connectivity index (χ4v) is 5.14. The summed E-state index contributed by atoms with van der Waals surface area (Å²) in [7, 11) is 0. The molecule has 1 atom stereocenters. The molecule has 1 aliphatic rings. The maximum absolute atomic E-state index is 12.8. The summed E-state index contributed by atoms with van der Waals surface area (Å²) < 4.78 is 16.8. The van der Waals surface area contributed by atoms with Gasteiger partial charge in [-0.05, 0) is 56.5 Å². The molecule has 2 aromatic carbocycles. The number of Topliss-reactive ketones (excluding diaryl/α,β-unsaturated/α-hetero) is 1. The quantitative estimate of drug-likeness (QED) is 0.336. The number of amides is 2. The molecule has 0 aliphatic carbocycles. The second kappa shape index (κ2) is 12.9. The SMILES string of the molecule is CC(C)(C)OC(=O)N1CCc2sc(C(=O)NCC(=O)C(Oc3ccccc3OCc3ccccc3)C(=O)O)cc2C1. The number of nitrogens with one attached hydrogen (secondary N) is 1. The number of benzene rings is 2. The van der Waals surface area contributed by atoms with E-state index in [2.05, 4.69) is 5.32 Å². The number of rotatable bonds is 10. The van der Waals surface area contributed by atoms with Crippen molar-refractivity contribution in [2.24, 2.45) is 0 Å². The van der Waals surface area contributed by atoms with E-state index < -0.39 is 42.0 Å². The number of para-hydroxylation sites is 2. The molecule has 11 heteroatoms. The summed E-state index contributed by atoms with van der Waals surface area (Å²) in [5.41, 5.74) is 1.13. The Morgan fingerprint density at radius 1 is 1.02 bits per heavy atom. The highest BCUT2D eigenvalue weighted by Gasteiger charge is 2.31. The minimum atomic E-state index is -1.85. The maximum Gasteiger partial charge on any atom is 0.410 e. The molecule has 4 rings (SSSR count). The predicted molar refractivity (Wildman–Crippen MR) is 151 cm³/mol. The van der Waals surface area contributed by atoms with Gasteiger partial charge in [0.05, 0.1) is 18.0 Å². The second-order valence-electron chi connectivity index (χ2n) is 10.4. The zero-order valence-electron chi connectivity index (χ0n) is 23.0. The van der Waals surface area contributed by atoms with Gasteiger partial charge < -0.3 is 29.5 Å². The highest BCUT2D eigenvalue weighted by Crippen LogP contribution is 2.30. The first-order valence-electron chi connectivity index (χ1n) is 13.1. The van der Waals surface area contributed by atoms with Crippen LogP contribution in [0.4, 0.5) is 4.79 Å². The molecule has 0 radical (unpaired) electrons. The predicted octanol–water partition coefficient (Wildman–Crippen LogP) is 4.45. The number of aliphatic carboxylic acids is 1. The smallest absolute Gasteiger partial charge is 0.410 e. The summed E-state index contributed by atoms with van der Waals surface area (Å²) in [5, 5.41) is 12.2. The number of nitrogens with zero attached hydrogens (tertiary/aromatic N) is 1. The van der Waals surface area contributed by atoms with Gasteiger partial charge in [-0.1, -0.05) is 42.5 Å². The number of ether oxygens (including phenoxy) is 3. The summed E-state index contributed by atoms with van der Waals surface area (Å²) in [6.07, 6.45) is -1.69. The van der Waals surface area contributed by atoms with Crippen molar-refractivity contribution in [1.82, 2.24) is 10.2 Å². The molecule has 0 saturated heterocycles. The average molecular weight is 581 g/mol. The molecule has 0 saturated carbocycles. The van der Waals surface area contributed by atoms with E-state index in [4.69, 9.17) is 14.2 Å². The summed E-state index contributed by atoms with van der Waals surface area (Å²) in [5.74, 6) is -2.46. The van der Waals surface area contributed by atoms with Crippen molar-refractivity contribution >= 4 is 35.1 Å². The highest BCUT2D eigenvalue weighted by molar-refractivity contribution is 7.14. The molecular weight excluding hydrogens is 548 g/mol. The Balaban J connectivity index is 1.35. The monoisotopic (exact) mass is 580 g/mol. The van der Waals surface area contributed by atoms with E-state index in [1.807, 2.05) is 30.3 Å². The molecule has 41 heavy (non-hydrogen) atoms. The lowest BCUT2D eigenvalue weighted by Gasteiger charge is -2.29. The number of hydrogen-bond acceptors (Lipinski definition) is 8. The fourth-order valence-electron chi connectivity index (χ4n) is 4.06. The molecule has 0 spiro atoms. The van der Waals surface area contributed by atoms with Crippen LogP contribution in [0.2, 0.25) is 0 Å². The van der Waals surface area contributed by atoms with Crippen LogP contribution in [-0.4, -0.2) is 58.6 Å². The lowest BCUT2D eigenvalue weighted by molar-refractivity contribution is -0.150. The molecule has 0 bridgehead atoms. The molecular formula is C30H32N2O8S. The van der Waals surface area contributed by atoms with Gasteiger partial charge in [-0.2, -0.15) is 0 Å². The lowest BCUT2D eigenvalue weighted by atomic mass is 10.1. The van der Waals surface area contributed by atoms with Crippen molar-refractivity contribution in [1.29, 1.82) is 0 Å². The van der Waals surface area contributed by atoms with Gasteiger partial charge in [0, 0.05) is 11.4 Å². The van der Waals surface area contributed by atoms with Gasteiger partial charge in [0.15, 0.2) is 11.5 Å². The number of ketones is 1. The number of fused-ring (bicyclic) bond motifs is 1. The number of thiophene rings is 1. The number of carbonyl (C=O) groups excluding carboxylic acids is 3. The van der Waals surface area contributed by atoms with Crippen molar-refractivity contribution in [3.63, 3.8) is 0 Å². The first-order chi connectivity index (χ1) is 19.5. The van der Waals surface area contributed by atoms with Crippen LogP contribution in [0.3, 0.4) is 0 Å². The summed E-state index contributed by atoms with van der Waals surface area (Å²) in [4.78, 5) is 52.9. The highest BCUT2D eigenvalue weighted by atomic mass is 32.1. The van der Waals surface area contributed by atoms with Crippen LogP contribution in [0.25, 0.3) is 0 Å². The van der Waals surface area contributed by atoms with Crippen LogP contribution in [0.15, 0.2) is 60.7 Å². The molecule has 3 aromatic rings. The zero-order valence-corrected chi connectivity index (χ0v) is 23.9. The molecule has 1 unspecified atom stereocenters. The van der Waals surface area contributed by atoms with Crippen LogP contribution in [0.5, 0.6) is 11.5 Å². The average Bonchev–Trinajstić information content (AvgIpc) is 3.37. The van der Waals surface area contributed by atoms with Gasteiger partial charge in [0.1, 0.15) is 12.2 Å². The van der Waals surface area contributed by atoms with E-state index >= 15 is 0 Å². The molecule has 1 aliphatic heterocycles. The van der Waals surface area contributed by atoms with Gasteiger partial charge in [-0.15, -0.1) is 11.3 Å². The second-order valence-corrected chi connectivity index (χ2v) is 11.6. The fraction of sp³-hybridized carbons (Fsp3) is 0.333. The number of carboxylic acid groups (broad SMARTS) is 1. The number of carboxylic acids is 1. The topological polar surface area (TPSA) is 131 Å². The first kappa shape index (κ1) is 29.6. The van der Waals surface area contributed by atoms with Gasteiger partial charge in [-0.25, -0.2) is 9.59 Å². The number of carbonyl (C=O) groups is 4. The zero-order chi connectivity index (χ0) is 29.6. The van der Waals surface area contributed by atoms with Crippen LogP contribution in [0.1, 0.15) is 46.4 Å². The van der Waals surface area contributed by atoms with Gasteiger partial charge in [-0.3, -0.25) is 9.59 Å². The van der Waals surface area contributed by atoms with Crippen LogP contribution < -0.4 is 14.8 Å². The third-order valence-electron chi connectivity index (χ3n) is 6.01. The Kier molecular flexibility index (Phi) is 9.28. The van der Waals surface area contributed by atoms with E-state index in [1.54, 1.807) is 49.9 Å². The Morgan fingerprint density at radius 3 is 2.39 bits per heavy atom. The molecule has 10 nitrogen and oxygen atoms in total. The molecule has 2 amide bonds. The Labute approximate surface area is 241 Å².